The maximum absolute atomic E-state index is 5.85. The van der Waals surface area contributed by atoms with Gasteiger partial charge in [0.1, 0.15) is 0 Å². The molecule has 0 aliphatic carbocycles. The van der Waals surface area contributed by atoms with E-state index in [1.807, 2.05) is 36.7 Å². The van der Waals surface area contributed by atoms with Crippen LogP contribution in [0.15, 0.2) is 60.9 Å². The third kappa shape index (κ3) is 2.40. The molecule has 3 rings (SSSR count). The number of hydrogen-bond acceptors (Lipinski definition) is 1. The lowest BCUT2D eigenvalue weighted by molar-refractivity contribution is 1.30. The van der Waals surface area contributed by atoms with E-state index in [9.17, 15) is 0 Å². The zero-order chi connectivity index (χ0) is 15.5. The molecule has 0 radical (unpaired) electrons. The van der Waals surface area contributed by atoms with Gasteiger partial charge in [-0.05, 0) is 36.1 Å². The molecule has 0 atom stereocenters. The number of benzene rings is 2. The van der Waals surface area contributed by atoms with Crippen molar-refractivity contribution in [1.82, 2.24) is 4.98 Å². The number of hydrogen-bond donors (Lipinski definition) is 0. The van der Waals surface area contributed by atoms with Gasteiger partial charge in [-0.3, -0.25) is 4.98 Å². The highest BCUT2D eigenvalue weighted by atomic mass is 14.6. The van der Waals surface area contributed by atoms with Crippen molar-refractivity contribution in [2.75, 3.05) is 0 Å². The minimum absolute atomic E-state index is 0.901. The predicted octanol–water partition coefficient (Wildman–Crippen LogP) is 5.01. The van der Waals surface area contributed by atoms with E-state index in [1.165, 1.54) is 11.1 Å². The summed E-state index contributed by atoms with van der Waals surface area (Å²) in [5.41, 5.74) is 7.60. The summed E-state index contributed by atoms with van der Waals surface area (Å²) in [6.07, 6.45) is 9.57. The van der Waals surface area contributed by atoms with Crippen LogP contribution in [0.4, 0.5) is 0 Å². The van der Waals surface area contributed by atoms with Gasteiger partial charge in [0.25, 0.3) is 0 Å². The molecule has 1 heterocycles. The Morgan fingerprint density at radius 2 is 1.18 bits per heavy atom. The molecule has 0 saturated carbocycles. The molecule has 0 unspecified atom stereocenters. The fraction of sp³-hybridized carbons (Fsp3) is 0.0952. The third-order valence-electron chi connectivity index (χ3n) is 3.96. The van der Waals surface area contributed by atoms with Crippen molar-refractivity contribution in [1.29, 1.82) is 0 Å². The smallest absolute Gasteiger partial charge is 0.0430 e. The molecule has 0 aliphatic heterocycles. The number of aromatic nitrogens is 1. The molecule has 1 heteroatoms. The third-order valence-corrected chi connectivity index (χ3v) is 3.96. The van der Waals surface area contributed by atoms with Crippen molar-refractivity contribution in [2.45, 2.75) is 13.8 Å². The Labute approximate surface area is 131 Å². The Balaban J connectivity index is 2.29. The van der Waals surface area contributed by atoms with Crippen LogP contribution in [0.5, 0.6) is 0 Å². The van der Waals surface area contributed by atoms with E-state index in [0.717, 1.165) is 27.8 Å². The van der Waals surface area contributed by atoms with Crippen LogP contribution in [0.2, 0.25) is 0 Å². The fourth-order valence-electron chi connectivity index (χ4n) is 2.77. The van der Waals surface area contributed by atoms with Crippen molar-refractivity contribution < 1.29 is 0 Å². The van der Waals surface area contributed by atoms with Gasteiger partial charge in [0.2, 0.25) is 0 Å². The first-order valence-electron chi connectivity index (χ1n) is 7.29. The maximum atomic E-state index is 5.85. The lowest BCUT2D eigenvalue weighted by Gasteiger charge is -2.13. The molecule has 0 bridgehead atoms. The standard InChI is InChI=1S/C21H17N/c1-4-17-20(18-11-7-5-9-15(18)2)13-22-14-21(17)19-12-8-6-10-16(19)3/h1,5-14H,2-3H3. The minimum Gasteiger partial charge on any atom is -0.263 e. The molecule has 106 valence electrons. The van der Waals surface area contributed by atoms with E-state index in [-0.39, 0.29) is 0 Å². The topological polar surface area (TPSA) is 12.9 Å². The Morgan fingerprint density at radius 3 is 1.59 bits per heavy atom. The van der Waals surface area contributed by atoms with Crippen molar-refractivity contribution in [2.24, 2.45) is 0 Å². The lowest BCUT2D eigenvalue weighted by Crippen LogP contribution is -1.94. The van der Waals surface area contributed by atoms with E-state index in [0.29, 0.717) is 0 Å². The van der Waals surface area contributed by atoms with Gasteiger partial charge in [-0.15, -0.1) is 6.42 Å². The van der Waals surface area contributed by atoms with Crippen LogP contribution in [0.3, 0.4) is 0 Å². The molecule has 1 nitrogen and oxygen atoms in total. The summed E-state index contributed by atoms with van der Waals surface area (Å²) in [6, 6.07) is 16.5. The average Bonchev–Trinajstić information content (AvgIpc) is 2.55. The summed E-state index contributed by atoms with van der Waals surface area (Å²) in [5.74, 6) is 2.88. The molecular weight excluding hydrogens is 266 g/mol. The highest BCUT2D eigenvalue weighted by molar-refractivity contribution is 5.83. The van der Waals surface area contributed by atoms with Gasteiger partial charge >= 0.3 is 0 Å². The number of pyridine rings is 1. The van der Waals surface area contributed by atoms with Crippen molar-refractivity contribution in [3.8, 4) is 34.6 Å². The normalized spacial score (nSPS) is 10.2. The second kappa shape index (κ2) is 5.87. The van der Waals surface area contributed by atoms with Crippen LogP contribution in [0.1, 0.15) is 16.7 Å². The zero-order valence-corrected chi connectivity index (χ0v) is 12.8. The number of terminal acetylenes is 1. The molecule has 2 aromatic carbocycles. The second-order valence-corrected chi connectivity index (χ2v) is 5.38. The van der Waals surface area contributed by atoms with E-state index in [1.54, 1.807) is 0 Å². The van der Waals surface area contributed by atoms with Crippen LogP contribution in [-0.4, -0.2) is 4.98 Å². The van der Waals surface area contributed by atoms with Gasteiger partial charge in [0, 0.05) is 29.1 Å². The van der Waals surface area contributed by atoms with Gasteiger partial charge in [-0.2, -0.15) is 0 Å². The van der Waals surface area contributed by atoms with Gasteiger partial charge in [0.05, 0.1) is 0 Å². The maximum Gasteiger partial charge on any atom is 0.0430 e. The molecule has 0 aliphatic rings. The van der Waals surface area contributed by atoms with E-state index in [4.69, 9.17) is 6.42 Å². The summed E-state index contributed by atoms with van der Waals surface area (Å²) in [7, 11) is 0. The first kappa shape index (κ1) is 14.1. The molecule has 1 aromatic heterocycles. The molecule has 0 spiro atoms. The molecule has 0 fully saturated rings. The predicted molar refractivity (Wildman–Crippen MR) is 92.5 cm³/mol. The summed E-state index contributed by atoms with van der Waals surface area (Å²) < 4.78 is 0. The Kier molecular flexibility index (Phi) is 3.76. The lowest BCUT2D eigenvalue weighted by atomic mass is 9.91. The monoisotopic (exact) mass is 283 g/mol. The summed E-state index contributed by atoms with van der Waals surface area (Å²) in [4.78, 5) is 4.43. The molecule has 0 saturated heterocycles. The molecular formula is C21H17N. The molecule has 0 N–H and O–H groups in total. The number of rotatable bonds is 2. The highest BCUT2D eigenvalue weighted by Crippen LogP contribution is 2.33. The Bertz CT molecular complexity index is 805. The molecule has 0 amide bonds. The largest absolute Gasteiger partial charge is 0.263 e. The van der Waals surface area contributed by atoms with Gasteiger partial charge < -0.3 is 0 Å². The van der Waals surface area contributed by atoms with Gasteiger partial charge in [-0.25, -0.2) is 0 Å². The van der Waals surface area contributed by atoms with E-state index in [2.05, 4.69) is 49.0 Å². The van der Waals surface area contributed by atoms with Crippen LogP contribution < -0.4 is 0 Å². The Morgan fingerprint density at radius 1 is 0.727 bits per heavy atom. The highest BCUT2D eigenvalue weighted by Gasteiger charge is 2.13. The van der Waals surface area contributed by atoms with Crippen LogP contribution in [-0.2, 0) is 0 Å². The van der Waals surface area contributed by atoms with Gasteiger partial charge in [-0.1, -0.05) is 54.5 Å². The summed E-state index contributed by atoms with van der Waals surface area (Å²) in [6.45, 7) is 4.19. The molecule has 3 aromatic rings. The van der Waals surface area contributed by atoms with Crippen molar-refractivity contribution in [3.63, 3.8) is 0 Å². The van der Waals surface area contributed by atoms with Crippen molar-refractivity contribution >= 4 is 0 Å². The number of aryl methyl sites for hydroxylation is 2. The van der Waals surface area contributed by atoms with Crippen molar-refractivity contribution in [3.05, 3.63) is 77.6 Å². The van der Waals surface area contributed by atoms with Crippen LogP contribution in [0, 0.1) is 26.2 Å². The quantitative estimate of drug-likeness (QED) is 0.602. The SMILES string of the molecule is C#Cc1c(-c2ccccc2C)cncc1-c1ccccc1C. The zero-order valence-electron chi connectivity index (χ0n) is 12.8. The fourth-order valence-corrected chi connectivity index (χ4v) is 2.77. The Hall–Kier alpha value is -2.85. The number of nitrogens with zero attached hydrogens (tertiary/aromatic N) is 1. The van der Waals surface area contributed by atoms with Crippen LogP contribution >= 0.6 is 0 Å². The van der Waals surface area contributed by atoms with Crippen LogP contribution in [0.25, 0.3) is 22.3 Å². The van der Waals surface area contributed by atoms with E-state index < -0.39 is 0 Å². The van der Waals surface area contributed by atoms with Gasteiger partial charge in [0.15, 0.2) is 0 Å². The first-order valence-corrected chi connectivity index (χ1v) is 7.29. The average molecular weight is 283 g/mol. The summed E-state index contributed by atoms with van der Waals surface area (Å²) >= 11 is 0. The van der Waals surface area contributed by atoms with E-state index >= 15 is 0 Å². The first-order chi connectivity index (χ1) is 10.7. The minimum atomic E-state index is 0.901. The summed E-state index contributed by atoms with van der Waals surface area (Å²) in [5, 5.41) is 0. The second-order valence-electron chi connectivity index (χ2n) is 5.38. The molecule has 22 heavy (non-hydrogen) atoms.